The lowest BCUT2D eigenvalue weighted by atomic mass is 10.1. The van der Waals surface area contributed by atoms with Crippen LogP contribution in [0.4, 0.5) is 4.39 Å². The molecule has 194 valence electrons. The number of unbranched alkanes of at least 4 members (excludes halogenated alkanes) is 1. The molecule has 1 amide bonds. The molecule has 14 heteroatoms. The predicted molar refractivity (Wildman–Crippen MR) is 128 cm³/mol. The number of aromatic nitrogens is 1. The number of carbonyl (C=O) groups excluding carboxylic acids is 1. The summed E-state index contributed by atoms with van der Waals surface area (Å²) in [5.41, 5.74) is 6.12. The molecule has 36 heavy (non-hydrogen) atoms. The van der Waals surface area contributed by atoms with Gasteiger partial charge in [-0.1, -0.05) is 16.6 Å². The van der Waals surface area contributed by atoms with Crippen molar-refractivity contribution in [2.75, 3.05) is 26.8 Å². The summed E-state index contributed by atoms with van der Waals surface area (Å²) < 4.78 is 44.0. The Morgan fingerprint density at radius 1 is 1.36 bits per heavy atom. The number of halogens is 1. The highest BCUT2D eigenvalue weighted by molar-refractivity contribution is 7.89. The number of nitrogens with two attached hydrogens (primary N) is 1. The van der Waals surface area contributed by atoms with Gasteiger partial charge in [-0.2, -0.15) is 5.26 Å². The zero-order chi connectivity index (χ0) is 26.6. The van der Waals surface area contributed by atoms with Crippen molar-refractivity contribution in [1.29, 1.82) is 5.26 Å². The topological polar surface area (TPSA) is 183 Å². The predicted octanol–water partition coefficient (Wildman–Crippen LogP) is 0.954. The van der Waals surface area contributed by atoms with E-state index in [1.807, 2.05) is 0 Å². The number of amides is 1. The first-order valence-electron chi connectivity index (χ1n) is 10.9. The largest absolute Gasteiger partial charge is 0.383 e. The van der Waals surface area contributed by atoms with E-state index in [9.17, 15) is 22.8 Å². The summed E-state index contributed by atoms with van der Waals surface area (Å²) in [5.74, 6) is -1.24. The van der Waals surface area contributed by atoms with Gasteiger partial charge < -0.3 is 15.8 Å². The molecule has 0 saturated heterocycles. The number of aliphatic imine (C=N–C) groups is 1. The lowest BCUT2D eigenvalue weighted by Crippen LogP contribution is -2.46. The Bertz CT molecular complexity index is 1190. The van der Waals surface area contributed by atoms with Crippen LogP contribution in [0.15, 0.2) is 52.5 Å². The van der Waals surface area contributed by atoms with Crippen LogP contribution in [0, 0.1) is 17.3 Å². The third kappa shape index (κ3) is 8.24. The quantitative estimate of drug-likeness (QED) is 0.0744. The molecule has 0 saturated carbocycles. The highest BCUT2D eigenvalue weighted by Crippen LogP contribution is 2.22. The number of hydrogen-bond acceptors (Lipinski definition) is 8. The van der Waals surface area contributed by atoms with Gasteiger partial charge in [-0.25, -0.2) is 12.8 Å². The van der Waals surface area contributed by atoms with Crippen LogP contribution in [0.1, 0.15) is 19.3 Å². The molecular formula is C22H28FN7O5S. The van der Waals surface area contributed by atoms with Gasteiger partial charge in [0.15, 0.2) is 6.19 Å². The van der Waals surface area contributed by atoms with Gasteiger partial charge in [-0.15, -0.1) is 0 Å². The Labute approximate surface area is 208 Å². The standard InChI is InChI=1S/C22H28FN7O5S/c1-35-12-11-27-22(29-15-24)26-10-3-2-7-20(21(25)31)30(32)36(33,34)18-8-9-19(28-14-18)16-5-4-6-17(23)13-16/h4-6,8-9,13-14,20,32H,2-3,7,10-12H2,1H3,(H2,25,31)(H2,26,27,29)/t20-/m1/s1. The molecule has 0 aliphatic heterocycles. The molecule has 0 bridgehead atoms. The van der Waals surface area contributed by atoms with E-state index < -0.39 is 27.8 Å². The lowest BCUT2D eigenvalue weighted by Gasteiger charge is -2.22. The van der Waals surface area contributed by atoms with Crippen LogP contribution in [0.25, 0.3) is 11.3 Å². The van der Waals surface area contributed by atoms with E-state index in [0.717, 1.165) is 6.20 Å². The summed E-state index contributed by atoms with van der Waals surface area (Å²) in [7, 11) is -2.97. The van der Waals surface area contributed by atoms with Crippen molar-refractivity contribution in [1.82, 2.24) is 20.1 Å². The highest BCUT2D eigenvalue weighted by Gasteiger charge is 2.34. The number of hydroxylamine groups is 1. The minimum absolute atomic E-state index is 0.0620. The Morgan fingerprint density at radius 3 is 2.75 bits per heavy atom. The van der Waals surface area contributed by atoms with Gasteiger partial charge in [0.1, 0.15) is 16.8 Å². The number of ether oxygens (including phenoxy) is 1. The summed E-state index contributed by atoms with van der Waals surface area (Å²) in [6, 6.07) is 6.66. The Kier molecular flexibility index (Phi) is 11.2. The monoisotopic (exact) mass is 521 g/mol. The third-order valence-corrected chi connectivity index (χ3v) is 6.51. The van der Waals surface area contributed by atoms with Crippen molar-refractivity contribution < 1.29 is 27.5 Å². The Morgan fingerprint density at radius 2 is 2.14 bits per heavy atom. The number of rotatable bonds is 13. The molecular weight excluding hydrogens is 493 g/mol. The number of benzene rings is 1. The first-order chi connectivity index (χ1) is 17.2. The second kappa shape index (κ2) is 14.0. The van der Waals surface area contributed by atoms with Gasteiger partial charge in [-0.3, -0.25) is 25.3 Å². The zero-order valence-electron chi connectivity index (χ0n) is 19.6. The maximum absolute atomic E-state index is 13.4. The SMILES string of the molecule is COCCNC(=NCCCC[C@H](C(N)=O)N(O)S(=O)(=O)c1ccc(-c2cccc(F)c2)nc1)NC#N. The van der Waals surface area contributed by atoms with E-state index in [4.69, 9.17) is 15.7 Å². The van der Waals surface area contributed by atoms with Crippen molar-refractivity contribution in [2.45, 2.75) is 30.2 Å². The van der Waals surface area contributed by atoms with Crippen molar-refractivity contribution in [3.63, 3.8) is 0 Å². The van der Waals surface area contributed by atoms with Crippen LogP contribution >= 0.6 is 0 Å². The molecule has 0 fully saturated rings. The molecule has 0 unspecified atom stereocenters. The van der Waals surface area contributed by atoms with Crippen molar-refractivity contribution >= 4 is 21.9 Å². The molecule has 2 rings (SSSR count). The third-order valence-electron chi connectivity index (χ3n) is 4.92. The molecule has 1 aromatic carbocycles. The number of sulfonamides is 1. The van der Waals surface area contributed by atoms with Crippen LogP contribution < -0.4 is 16.4 Å². The van der Waals surface area contributed by atoms with E-state index in [0.29, 0.717) is 37.3 Å². The van der Waals surface area contributed by atoms with Gasteiger partial charge in [0.05, 0.1) is 12.3 Å². The van der Waals surface area contributed by atoms with Gasteiger partial charge in [0, 0.05) is 32.0 Å². The highest BCUT2D eigenvalue weighted by atomic mass is 32.2. The number of hydrogen-bond donors (Lipinski definition) is 4. The van der Waals surface area contributed by atoms with E-state index in [-0.39, 0.29) is 28.3 Å². The number of nitriles is 1. The average molecular weight is 522 g/mol. The zero-order valence-corrected chi connectivity index (χ0v) is 20.4. The van der Waals surface area contributed by atoms with Gasteiger partial charge in [0.2, 0.25) is 11.9 Å². The van der Waals surface area contributed by atoms with Crippen LogP contribution in [-0.2, 0) is 19.6 Å². The number of nitrogens with one attached hydrogen (secondary N) is 2. The van der Waals surface area contributed by atoms with Gasteiger partial charge in [0.25, 0.3) is 10.0 Å². The molecule has 12 nitrogen and oxygen atoms in total. The summed E-state index contributed by atoms with van der Waals surface area (Å²) in [6.07, 6.45) is 3.43. The number of nitrogens with zero attached hydrogens (tertiary/aromatic N) is 4. The molecule has 0 radical (unpaired) electrons. The fourth-order valence-corrected chi connectivity index (χ4v) is 4.28. The Hall–Kier alpha value is -3.64. The smallest absolute Gasteiger partial charge is 0.267 e. The molecule has 0 aliphatic carbocycles. The van der Waals surface area contributed by atoms with Crippen LogP contribution in [-0.4, -0.2) is 67.8 Å². The molecule has 2 aromatic rings. The second-order valence-electron chi connectivity index (χ2n) is 7.47. The van der Waals surface area contributed by atoms with Crippen molar-refractivity contribution in [3.05, 3.63) is 48.4 Å². The number of pyridine rings is 1. The van der Waals surface area contributed by atoms with E-state index in [1.165, 1.54) is 37.4 Å². The van der Waals surface area contributed by atoms with Crippen LogP contribution in [0.5, 0.6) is 0 Å². The van der Waals surface area contributed by atoms with Crippen LogP contribution in [0.2, 0.25) is 0 Å². The van der Waals surface area contributed by atoms with E-state index >= 15 is 0 Å². The number of carbonyl (C=O) groups is 1. The van der Waals surface area contributed by atoms with Crippen LogP contribution in [0.3, 0.4) is 0 Å². The average Bonchev–Trinajstić information content (AvgIpc) is 2.85. The molecule has 0 aliphatic rings. The minimum atomic E-state index is -4.51. The summed E-state index contributed by atoms with van der Waals surface area (Å²) >= 11 is 0. The van der Waals surface area contributed by atoms with Gasteiger partial charge in [-0.05, 0) is 43.5 Å². The summed E-state index contributed by atoms with van der Waals surface area (Å²) in [4.78, 5) is 19.7. The second-order valence-corrected chi connectivity index (χ2v) is 9.26. The van der Waals surface area contributed by atoms with E-state index in [1.54, 1.807) is 12.3 Å². The molecule has 0 spiro atoms. The first kappa shape index (κ1) is 28.6. The molecule has 1 atom stereocenters. The lowest BCUT2D eigenvalue weighted by molar-refractivity contribution is -0.131. The fourth-order valence-electron chi connectivity index (χ4n) is 3.09. The summed E-state index contributed by atoms with van der Waals surface area (Å²) in [5, 5.41) is 24.4. The normalized spacial score (nSPS) is 12.7. The van der Waals surface area contributed by atoms with Crippen molar-refractivity contribution in [3.8, 4) is 17.5 Å². The van der Waals surface area contributed by atoms with Crippen molar-refractivity contribution in [2.24, 2.45) is 10.7 Å². The molecule has 5 N–H and O–H groups in total. The first-order valence-corrected chi connectivity index (χ1v) is 12.3. The number of primary amides is 1. The number of guanidine groups is 1. The maximum atomic E-state index is 13.4. The summed E-state index contributed by atoms with van der Waals surface area (Å²) in [6.45, 7) is 1.11. The fraction of sp³-hybridized carbons (Fsp3) is 0.364. The number of methoxy groups -OCH3 is 1. The Balaban J connectivity index is 2.01. The minimum Gasteiger partial charge on any atom is -0.383 e. The van der Waals surface area contributed by atoms with Gasteiger partial charge >= 0.3 is 0 Å². The molecule has 1 heterocycles. The maximum Gasteiger partial charge on any atom is 0.267 e. The van der Waals surface area contributed by atoms with E-state index in [2.05, 4.69) is 20.6 Å². The molecule has 1 aromatic heterocycles.